The minimum Gasteiger partial charge on any atom is -0.491 e. The molecule has 120 valence electrons. The summed E-state index contributed by atoms with van der Waals surface area (Å²) in [5, 5.41) is 0. The number of ether oxygens (including phenoxy) is 3. The molecule has 0 heterocycles. The monoisotopic (exact) mass is 307 g/mol. The van der Waals surface area contributed by atoms with Gasteiger partial charge in [0.2, 0.25) is 0 Å². The van der Waals surface area contributed by atoms with Gasteiger partial charge in [-0.05, 0) is 24.1 Å². The number of benzene rings is 1. The predicted molar refractivity (Wildman–Crippen MR) is 72.1 cm³/mol. The molecular weight excluding hydrogens is 287 g/mol. The second kappa shape index (κ2) is 8.86. The first-order valence-electron chi connectivity index (χ1n) is 6.58. The Kier molecular flexibility index (Phi) is 7.49. The van der Waals surface area contributed by atoms with E-state index < -0.39 is 11.7 Å². The molecule has 0 saturated carbocycles. The molecule has 0 amide bonds. The molecule has 1 aromatic rings. The molecule has 0 aliphatic carbocycles. The second-order valence-electron chi connectivity index (χ2n) is 4.33. The molecule has 2 N–H and O–H groups in total. The third kappa shape index (κ3) is 6.33. The summed E-state index contributed by atoms with van der Waals surface area (Å²) >= 11 is 0. The fourth-order valence-corrected chi connectivity index (χ4v) is 1.71. The van der Waals surface area contributed by atoms with Crippen LogP contribution in [0.25, 0.3) is 0 Å². The number of methoxy groups -OCH3 is 1. The fraction of sp³-hybridized carbons (Fsp3) is 0.571. The predicted octanol–water partition coefficient (Wildman–Crippen LogP) is 2.60. The Morgan fingerprint density at radius 2 is 1.86 bits per heavy atom. The van der Waals surface area contributed by atoms with E-state index in [-0.39, 0.29) is 24.5 Å². The van der Waals surface area contributed by atoms with Crippen LogP contribution in [0.3, 0.4) is 0 Å². The van der Waals surface area contributed by atoms with E-state index in [0.29, 0.717) is 19.8 Å². The molecule has 0 aromatic heterocycles. The Labute approximate surface area is 122 Å². The Morgan fingerprint density at radius 3 is 2.48 bits per heavy atom. The molecule has 0 aliphatic heterocycles. The van der Waals surface area contributed by atoms with Crippen LogP contribution in [-0.2, 0) is 22.2 Å². The van der Waals surface area contributed by atoms with E-state index in [1.807, 2.05) is 0 Å². The average molecular weight is 307 g/mol. The van der Waals surface area contributed by atoms with Crippen molar-refractivity contribution in [1.29, 1.82) is 0 Å². The Hall–Kier alpha value is -1.31. The van der Waals surface area contributed by atoms with Crippen molar-refractivity contribution >= 4 is 0 Å². The third-order valence-corrected chi connectivity index (χ3v) is 2.74. The molecule has 0 aliphatic rings. The van der Waals surface area contributed by atoms with Gasteiger partial charge in [-0.2, -0.15) is 13.2 Å². The number of halogens is 3. The van der Waals surface area contributed by atoms with Crippen molar-refractivity contribution in [2.45, 2.75) is 19.1 Å². The molecular formula is C14H20F3NO3. The minimum atomic E-state index is -4.44. The van der Waals surface area contributed by atoms with Crippen molar-refractivity contribution in [2.24, 2.45) is 5.73 Å². The summed E-state index contributed by atoms with van der Waals surface area (Å²) in [6, 6.07) is 3.77. The molecule has 1 aromatic carbocycles. The molecule has 7 heteroatoms. The highest BCUT2D eigenvalue weighted by Crippen LogP contribution is 2.34. The first-order chi connectivity index (χ1) is 9.99. The summed E-state index contributed by atoms with van der Waals surface area (Å²) in [5.74, 6) is 0.153. The highest BCUT2D eigenvalue weighted by atomic mass is 19.4. The molecule has 0 spiro atoms. The SMILES string of the molecule is COCCCOCCOc1ccc(CN)c(C(F)(F)F)c1. The molecule has 1 rings (SSSR count). The van der Waals surface area contributed by atoms with E-state index in [1.54, 1.807) is 7.11 Å². The molecule has 0 saturated heterocycles. The van der Waals surface area contributed by atoms with Crippen LogP contribution < -0.4 is 10.5 Å². The van der Waals surface area contributed by atoms with E-state index in [4.69, 9.17) is 19.9 Å². The summed E-state index contributed by atoms with van der Waals surface area (Å²) < 4.78 is 53.8. The molecule has 0 atom stereocenters. The molecule has 0 unspecified atom stereocenters. The Balaban J connectivity index is 2.46. The largest absolute Gasteiger partial charge is 0.491 e. The van der Waals surface area contributed by atoms with Crippen LogP contribution in [0.2, 0.25) is 0 Å². The van der Waals surface area contributed by atoms with Gasteiger partial charge < -0.3 is 19.9 Å². The minimum absolute atomic E-state index is 0.0469. The highest BCUT2D eigenvalue weighted by Gasteiger charge is 2.33. The van der Waals surface area contributed by atoms with Crippen LogP contribution in [0, 0.1) is 0 Å². The van der Waals surface area contributed by atoms with E-state index >= 15 is 0 Å². The average Bonchev–Trinajstić information content (AvgIpc) is 2.45. The van der Waals surface area contributed by atoms with E-state index in [1.165, 1.54) is 12.1 Å². The van der Waals surface area contributed by atoms with Crippen LogP contribution in [0.4, 0.5) is 13.2 Å². The van der Waals surface area contributed by atoms with Gasteiger partial charge in [-0.1, -0.05) is 6.07 Å². The number of rotatable bonds is 9. The highest BCUT2D eigenvalue weighted by molar-refractivity contribution is 5.37. The molecule has 0 fully saturated rings. The lowest BCUT2D eigenvalue weighted by molar-refractivity contribution is -0.138. The summed E-state index contributed by atoms with van der Waals surface area (Å²) in [6.45, 7) is 1.46. The second-order valence-corrected chi connectivity index (χ2v) is 4.33. The maximum atomic E-state index is 12.8. The van der Waals surface area contributed by atoms with Crippen LogP contribution >= 0.6 is 0 Å². The van der Waals surface area contributed by atoms with E-state index in [0.717, 1.165) is 12.5 Å². The lowest BCUT2D eigenvalue weighted by Crippen LogP contribution is -2.13. The van der Waals surface area contributed by atoms with Crippen molar-refractivity contribution in [3.8, 4) is 5.75 Å². The summed E-state index contributed by atoms with van der Waals surface area (Å²) in [6.07, 6.45) is -3.68. The normalized spacial score (nSPS) is 11.7. The van der Waals surface area contributed by atoms with Gasteiger partial charge in [0, 0.05) is 26.9 Å². The third-order valence-electron chi connectivity index (χ3n) is 2.74. The van der Waals surface area contributed by atoms with Crippen molar-refractivity contribution < 1.29 is 27.4 Å². The Bertz CT molecular complexity index is 424. The van der Waals surface area contributed by atoms with Gasteiger partial charge in [0.15, 0.2) is 0 Å². The fourth-order valence-electron chi connectivity index (χ4n) is 1.71. The topological polar surface area (TPSA) is 53.7 Å². The van der Waals surface area contributed by atoms with Crippen LogP contribution in [-0.4, -0.2) is 33.5 Å². The van der Waals surface area contributed by atoms with Gasteiger partial charge in [-0.15, -0.1) is 0 Å². The molecule has 0 bridgehead atoms. The van der Waals surface area contributed by atoms with Crippen LogP contribution in [0.5, 0.6) is 5.75 Å². The number of hydrogen-bond acceptors (Lipinski definition) is 4. The van der Waals surface area contributed by atoms with Crippen molar-refractivity contribution in [2.75, 3.05) is 33.5 Å². The zero-order valence-electron chi connectivity index (χ0n) is 11.9. The molecule has 21 heavy (non-hydrogen) atoms. The molecule has 4 nitrogen and oxygen atoms in total. The standard InChI is InChI=1S/C14H20F3NO3/c1-19-5-2-6-20-7-8-21-12-4-3-11(10-18)13(9-12)14(15,16)17/h3-4,9H,2,5-8,10,18H2,1H3. The first-order valence-corrected chi connectivity index (χ1v) is 6.58. The maximum Gasteiger partial charge on any atom is 0.416 e. The quantitative estimate of drug-likeness (QED) is 0.713. The lowest BCUT2D eigenvalue weighted by Gasteiger charge is -2.14. The van der Waals surface area contributed by atoms with Gasteiger partial charge in [0.25, 0.3) is 0 Å². The first kappa shape index (κ1) is 17.7. The van der Waals surface area contributed by atoms with Crippen LogP contribution in [0.1, 0.15) is 17.5 Å². The molecule has 0 radical (unpaired) electrons. The summed E-state index contributed by atoms with van der Waals surface area (Å²) in [4.78, 5) is 0. The summed E-state index contributed by atoms with van der Waals surface area (Å²) in [7, 11) is 1.60. The van der Waals surface area contributed by atoms with Crippen molar-refractivity contribution in [1.82, 2.24) is 0 Å². The van der Waals surface area contributed by atoms with Crippen molar-refractivity contribution in [3.05, 3.63) is 29.3 Å². The van der Waals surface area contributed by atoms with Gasteiger partial charge in [0.05, 0.1) is 12.2 Å². The zero-order valence-corrected chi connectivity index (χ0v) is 11.9. The van der Waals surface area contributed by atoms with Gasteiger partial charge in [0.1, 0.15) is 12.4 Å². The van der Waals surface area contributed by atoms with Gasteiger partial charge in [-0.3, -0.25) is 0 Å². The maximum absolute atomic E-state index is 12.8. The Morgan fingerprint density at radius 1 is 1.10 bits per heavy atom. The number of nitrogens with two attached hydrogens (primary N) is 1. The van der Waals surface area contributed by atoms with E-state index in [9.17, 15) is 13.2 Å². The van der Waals surface area contributed by atoms with Crippen LogP contribution in [0.15, 0.2) is 18.2 Å². The van der Waals surface area contributed by atoms with Gasteiger partial charge >= 0.3 is 6.18 Å². The smallest absolute Gasteiger partial charge is 0.416 e. The van der Waals surface area contributed by atoms with Crippen molar-refractivity contribution in [3.63, 3.8) is 0 Å². The van der Waals surface area contributed by atoms with Gasteiger partial charge in [-0.25, -0.2) is 0 Å². The number of alkyl halides is 3. The van der Waals surface area contributed by atoms with E-state index in [2.05, 4.69) is 0 Å². The lowest BCUT2D eigenvalue weighted by atomic mass is 10.1. The summed E-state index contributed by atoms with van der Waals surface area (Å²) in [5.41, 5.74) is 4.59. The number of hydrogen-bond donors (Lipinski definition) is 1. The zero-order chi connectivity index (χ0) is 15.7.